The third-order valence-electron chi connectivity index (χ3n) is 5.00. The van der Waals surface area contributed by atoms with Crippen molar-refractivity contribution < 1.29 is 22.7 Å². The van der Waals surface area contributed by atoms with Crippen LogP contribution in [0.5, 0.6) is 11.5 Å². The number of rotatable bonds is 6. The molecule has 0 radical (unpaired) electrons. The molecule has 2 aliphatic rings. The van der Waals surface area contributed by atoms with Crippen molar-refractivity contribution in [3.05, 3.63) is 23.8 Å². The van der Waals surface area contributed by atoms with Gasteiger partial charge in [-0.3, -0.25) is 4.79 Å². The maximum absolute atomic E-state index is 12.9. The molecule has 1 N–H and O–H groups in total. The lowest BCUT2D eigenvalue weighted by molar-refractivity contribution is -0.126. The van der Waals surface area contributed by atoms with Crippen LogP contribution in [0.4, 0.5) is 0 Å². The fourth-order valence-corrected chi connectivity index (χ4v) is 5.34. The van der Waals surface area contributed by atoms with Gasteiger partial charge in [-0.2, -0.15) is 4.31 Å². The van der Waals surface area contributed by atoms with Gasteiger partial charge in [-0.1, -0.05) is 19.4 Å². The lowest BCUT2D eigenvalue weighted by atomic mass is 10.0. The highest BCUT2D eigenvalue weighted by Crippen LogP contribution is 2.32. The number of amides is 1. The van der Waals surface area contributed by atoms with Gasteiger partial charge in [0.2, 0.25) is 15.9 Å². The van der Waals surface area contributed by atoms with Crippen molar-refractivity contribution in [1.29, 1.82) is 0 Å². The van der Waals surface area contributed by atoms with Gasteiger partial charge in [0.1, 0.15) is 19.3 Å². The van der Waals surface area contributed by atoms with Crippen LogP contribution in [-0.2, 0) is 14.8 Å². The summed E-state index contributed by atoms with van der Waals surface area (Å²) in [6.07, 6.45) is 2.75. The molecular formula is C19H28N2O5S. The third-order valence-corrected chi connectivity index (χ3v) is 7.08. The lowest BCUT2D eigenvalue weighted by Gasteiger charge is -2.34. The van der Waals surface area contributed by atoms with Crippen molar-refractivity contribution in [2.24, 2.45) is 0 Å². The summed E-state index contributed by atoms with van der Waals surface area (Å²) in [4.78, 5) is 12.9. The van der Waals surface area contributed by atoms with Gasteiger partial charge >= 0.3 is 0 Å². The number of carbonyl (C=O) groups excluding carboxylic acids is 1. The molecule has 0 spiro atoms. The van der Waals surface area contributed by atoms with Crippen LogP contribution in [0.3, 0.4) is 0 Å². The normalized spacial score (nSPS) is 21.5. The van der Waals surface area contributed by atoms with Gasteiger partial charge in [0.25, 0.3) is 0 Å². The van der Waals surface area contributed by atoms with E-state index in [-0.39, 0.29) is 17.7 Å². The maximum atomic E-state index is 12.9. The topological polar surface area (TPSA) is 84.9 Å². The molecule has 1 amide bonds. The Balaban J connectivity index is 1.71. The van der Waals surface area contributed by atoms with Crippen LogP contribution in [0.25, 0.3) is 0 Å². The minimum Gasteiger partial charge on any atom is -0.486 e. The van der Waals surface area contributed by atoms with Crippen LogP contribution in [0.1, 0.15) is 51.1 Å². The largest absolute Gasteiger partial charge is 0.486 e. The number of sulfonamides is 1. The Bertz CT molecular complexity index is 780. The molecule has 3 rings (SSSR count). The van der Waals surface area contributed by atoms with E-state index in [1.165, 1.54) is 4.31 Å². The first-order valence-corrected chi connectivity index (χ1v) is 11.2. The second-order valence-corrected chi connectivity index (χ2v) is 9.11. The van der Waals surface area contributed by atoms with E-state index in [0.717, 1.165) is 18.4 Å². The van der Waals surface area contributed by atoms with Gasteiger partial charge in [-0.05, 0) is 43.9 Å². The average molecular weight is 397 g/mol. The summed E-state index contributed by atoms with van der Waals surface area (Å²) in [6.45, 7) is 5.17. The average Bonchev–Trinajstić information content (AvgIpc) is 2.67. The molecule has 0 aliphatic carbocycles. The summed E-state index contributed by atoms with van der Waals surface area (Å²) >= 11 is 0. The summed E-state index contributed by atoms with van der Waals surface area (Å²) in [7, 11) is -3.40. The molecule has 7 nitrogen and oxygen atoms in total. The highest BCUT2D eigenvalue weighted by Gasteiger charge is 2.36. The van der Waals surface area contributed by atoms with Gasteiger partial charge in [-0.25, -0.2) is 8.42 Å². The monoisotopic (exact) mass is 396 g/mol. The number of nitrogens with one attached hydrogen (secondary N) is 1. The molecular weight excluding hydrogens is 368 g/mol. The van der Waals surface area contributed by atoms with Crippen molar-refractivity contribution in [2.45, 2.75) is 51.6 Å². The van der Waals surface area contributed by atoms with E-state index in [1.54, 1.807) is 0 Å². The van der Waals surface area contributed by atoms with Gasteiger partial charge < -0.3 is 14.8 Å². The van der Waals surface area contributed by atoms with E-state index in [9.17, 15) is 13.2 Å². The number of fused-ring (bicyclic) bond motifs is 1. The summed E-state index contributed by atoms with van der Waals surface area (Å²) in [5.74, 6) is 1.21. The first kappa shape index (κ1) is 19.9. The highest BCUT2D eigenvalue weighted by molar-refractivity contribution is 7.89. The van der Waals surface area contributed by atoms with Crippen molar-refractivity contribution in [3.8, 4) is 11.5 Å². The quantitative estimate of drug-likeness (QED) is 0.797. The minimum atomic E-state index is -3.40. The summed E-state index contributed by atoms with van der Waals surface area (Å²) in [5, 5.41) is 2.98. The first-order chi connectivity index (χ1) is 12.9. The van der Waals surface area contributed by atoms with E-state index < -0.39 is 16.1 Å². The molecule has 0 saturated carbocycles. The van der Waals surface area contributed by atoms with Crippen LogP contribution in [0.15, 0.2) is 18.2 Å². The Morgan fingerprint density at radius 3 is 2.74 bits per heavy atom. The van der Waals surface area contributed by atoms with E-state index in [2.05, 4.69) is 5.32 Å². The molecule has 2 unspecified atom stereocenters. The Kier molecular flexibility index (Phi) is 6.26. The fraction of sp³-hybridized carbons (Fsp3) is 0.632. The van der Waals surface area contributed by atoms with E-state index in [0.29, 0.717) is 44.1 Å². The van der Waals surface area contributed by atoms with Crippen molar-refractivity contribution in [1.82, 2.24) is 9.62 Å². The zero-order valence-electron chi connectivity index (χ0n) is 15.9. The minimum absolute atomic E-state index is 0.0779. The Morgan fingerprint density at radius 2 is 2.00 bits per heavy atom. The zero-order chi connectivity index (χ0) is 19.4. The SMILES string of the molecule is CCCS(=O)(=O)N1CCCCC1C(=O)NC(C)c1ccc2c(c1)OCCO2. The number of ether oxygens (including phenoxy) is 2. The molecule has 0 aromatic heterocycles. The second-order valence-electron chi connectivity index (χ2n) is 7.07. The third kappa shape index (κ3) is 4.55. The number of hydrogen-bond acceptors (Lipinski definition) is 5. The number of carbonyl (C=O) groups is 1. The van der Waals surface area contributed by atoms with E-state index in [1.807, 2.05) is 32.0 Å². The fourth-order valence-electron chi connectivity index (χ4n) is 3.60. The van der Waals surface area contributed by atoms with Gasteiger partial charge in [-0.15, -0.1) is 0 Å². The number of hydrogen-bond donors (Lipinski definition) is 1. The molecule has 1 saturated heterocycles. The molecule has 2 atom stereocenters. The standard InChI is InChI=1S/C19H28N2O5S/c1-3-12-27(23,24)21-9-5-4-6-16(21)19(22)20-14(2)15-7-8-17-18(13-15)26-11-10-25-17/h7-8,13-14,16H,3-6,9-12H2,1-2H3,(H,20,22). The van der Waals surface area contributed by atoms with E-state index >= 15 is 0 Å². The maximum Gasteiger partial charge on any atom is 0.238 e. The van der Waals surface area contributed by atoms with Gasteiger partial charge in [0.05, 0.1) is 11.8 Å². The molecule has 2 heterocycles. The molecule has 1 aromatic rings. The molecule has 1 fully saturated rings. The lowest BCUT2D eigenvalue weighted by Crippen LogP contribution is -2.52. The van der Waals surface area contributed by atoms with Crippen LogP contribution in [0.2, 0.25) is 0 Å². The molecule has 1 aromatic carbocycles. The zero-order valence-corrected chi connectivity index (χ0v) is 16.8. The van der Waals surface area contributed by atoms with Crippen LogP contribution < -0.4 is 14.8 Å². The van der Waals surface area contributed by atoms with E-state index in [4.69, 9.17) is 9.47 Å². The smallest absolute Gasteiger partial charge is 0.238 e. The Morgan fingerprint density at radius 1 is 1.26 bits per heavy atom. The number of nitrogens with zero attached hydrogens (tertiary/aromatic N) is 1. The highest BCUT2D eigenvalue weighted by atomic mass is 32.2. The second kappa shape index (κ2) is 8.48. The molecule has 8 heteroatoms. The van der Waals surface area contributed by atoms with Crippen molar-refractivity contribution in [3.63, 3.8) is 0 Å². The van der Waals surface area contributed by atoms with Gasteiger partial charge in [0, 0.05) is 6.54 Å². The Labute approximate surface area is 161 Å². The summed E-state index contributed by atoms with van der Waals surface area (Å²) in [6, 6.07) is 4.71. The Hall–Kier alpha value is -1.80. The molecule has 0 bridgehead atoms. The van der Waals surface area contributed by atoms with Crippen LogP contribution in [0, 0.1) is 0 Å². The number of piperidine rings is 1. The van der Waals surface area contributed by atoms with Gasteiger partial charge in [0.15, 0.2) is 11.5 Å². The summed E-state index contributed by atoms with van der Waals surface area (Å²) in [5.41, 5.74) is 0.895. The van der Waals surface area contributed by atoms with Crippen LogP contribution in [-0.4, -0.2) is 50.2 Å². The first-order valence-electron chi connectivity index (χ1n) is 9.62. The van der Waals surface area contributed by atoms with Crippen molar-refractivity contribution >= 4 is 15.9 Å². The summed E-state index contributed by atoms with van der Waals surface area (Å²) < 4.78 is 37.6. The molecule has 2 aliphatic heterocycles. The van der Waals surface area contributed by atoms with Crippen molar-refractivity contribution in [2.75, 3.05) is 25.5 Å². The van der Waals surface area contributed by atoms with Crippen LogP contribution >= 0.6 is 0 Å². The molecule has 27 heavy (non-hydrogen) atoms. The number of benzene rings is 1. The molecule has 150 valence electrons. The predicted octanol–water partition coefficient (Wildman–Crippen LogP) is 2.23. The predicted molar refractivity (Wildman–Crippen MR) is 102 cm³/mol.